The second-order valence-corrected chi connectivity index (χ2v) is 10.3. The average molecular weight is 472 g/mol. The van der Waals surface area contributed by atoms with Gasteiger partial charge in [-0.25, -0.2) is 4.98 Å². The quantitative estimate of drug-likeness (QED) is 0.381. The summed E-state index contributed by atoms with van der Waals surface area (Å²) in [5.41, 5.74) is 3.38. The van der Waals surface area contributed by atoms with Crippen LogP contribution in [0.15, 0.2) is 23.6 Å². The summed E-state index contributed by atoms with van der Waals surface area (Å²) < 4.78 is 5.22. The number of aryl methyl sites for hydroxylation is 2. The van der Waals surface area contributed by atoms with Crippen molar-refractivity contribution >= 4 is 28.9 Å². The summed E-state index contributed by atoms with van der Waals surface area (Å²) >= 11 is 1.44. The smallest absolute Gasteiger partial charge is 0.306 e. The molecule has 2 aromatic rings. The van der Waals surface area contributed by atoms with Gasteiger partial charge in [0, 0.05) is 29.7 Å². The van der Waals surface area contributed by atoms with Gasteiger partial charge in [-0.05, 0) is 31.4 Å². The maximum Gasteiger partial charge on any atom is 0.306 e. The summed E-state index contributed by atoms with van der Waals surface area (Å²) in [5, 5.41) is 2.65. The Hall–Kier alpha value is -2.38. The van der Waals surface area contributed by atoms with E-state index in [-0.39, 0.29) is 42.7 Å². The number of carbonyl (C=O) groups excluding carboxylic acids is 3. The largest absolute Gasteiger partial charge is 0.460 e. The summed E-state index contributed by atoms with van der Waals surface area (Å²) in [4.78, 5) is 43.4. The zero-order chi connectivity index (χ0) is 23.8. The third kappa shape index (κ3) is 7.86. The summed E-state index contributed by atoms with van der Waals surface area (Å²) in [6.07, 6.45) is 5.40. The van der Waals surface area contributed by atoms with E-state index in [0.29, 0.717) is 18.6 Å². The van der Waals surface area contributed by atoms with E-state index in [4.69, 9.17) is 4.74 Å². The van der Waals surface area contributed by atoms with Crippen LogP contribution in [-0.2, 0) is 33.6 Å². The molecule has 0 amide bonds. The number of ether oxygens (including phenoxy) is 1. The first-order chi connectivity index (χ1) is 15.8. The van der Waals surface area contributed by atoms with E-state index in [0.717, 1.165) is 54.1 Å². The predicted molar refractivity (Wildman–Crippen MR) is 129 cm³/mol. The van der Waals surface area contributed by atoms with Crippen LogP contribution in [0.1, 0.15) is 64.3 Å². The fraction of sp³-hybridized carbons (Fsp3) is 0.538. The molecule has 0 radical (unpaired) electrons. The Kier molecular flexibility index (Phi) is 9.32. The fourth-order valence-corrected chi connectivity index (χ4v) is 5.00. The Labute approximate surface area is 200 Å². The highest BCUT2D eigenvalue weighted by Gasteiger charge is 2.26. The molecule has 1 saturated carbocycles. The number of ketones is 2. The zero-order valence-corrected chi connectivity index (χ0v) is 20.8. The lowest BCUT2D eigenvalue weighted by atomic mass is 9.90. The Morgan fingerprint density at radius 1 is 1.15 bits per heavy atom. The van der Waals surface area contributed by atoms with Crippen molar-refractivity contribution in [3.05, 3.63) is 51.0 Å². The first-order valence-electron chi connectivity index (χ1n) is 11.8. The maximum absolute atomic E-state index is 13.0. The molecule has 1 heterocycles. The number of carbonyl (C=O) groups is 3. The van der Waals surface area contributed by atoms with E-state index >= 15 is 0 Å². The normalized spacial score (nSPS) is 14.1. The Morgan fingerprint density at radius 3 is 2.64 bits per heavy atom. The third-order valence-corrected chi connectivity index (χ3v) is 6.94. The zero-order valence-electron chi connectivity index (χ0n) is 19.9. The summed E-state index contributed by atoms with van der Waals surface area (Å²) in [5.74, 6) is 0.110. The fourth-order valence-electron chi connectivity index (χ4n) is 4.14. The van der Waals surface area contributed by atoms with Crippen molar-refractivity contribution in [2.45, 2.75) is 58.3 Å². The number of quaternary nitrogens is 1. The molecule has 7 heteroatoms. The van der Waals surface area contributed by atoms with Crippen LogP contribution in [-0.4, -0.2) is 49.8 Å². The van der Waals surface area contributed by atoms with E-state index in [2.05, 4.69) is 4.98 Å². The first kappa shape index (κ1) is 25.2. The van der Waals surface area contributed by atoms with Gasteiger partial charge in [0.1, 0.15) is 23.9 Å². The van der Waals surface area contributed by atoms with Crippen LogP contribution in [0.2, 0.25) is 0 Å². The Balaban J connectivity index is 1.53. The Bertz CT molecular complexity index is 976. The van der Waals surface area contributed by atoms with Crippen molar-refractivity contribution in [2.24, 2.45) is 5.92 Å². The van der Waals surface area contributed by atoms with Crippen molar-refractivity contribution in [2.75, 3.05) is 27.2 Å². The third-order valence-electron chi connectivity index (χ3n) is 6.04. The van der Waals surface area contributed by atoms with Gasteiger partial charge in [-0.3, -0.25) is 14.4 Å². The monoisotopic (exact) mass is 471 g/mol. The minimum absolute atomic E-state index is 0.0471. The van der Waals surface area contributed by atoms with Crippen molar-refractivity contribution in [3.63, 3.8) is 0 Å². The number of rotatable bonds is 12. The molecule has 0 bridgehead atoms. The lowest BCUT2D eigenvalue weighted by Gasteiger charge is -2.13. The maximum atomic E-state index is 13.0. The molecule has 3 rings (SSSR count). The summed E-state index contributed by atoms with van der Waals surface area (Å²) in [6, 6.07) is 5.82. The SMILES string of the molecule is Cc1ccc(CC(=O)Cc2nc(CCC(=O)OCC[NH+](C)C)cs2)c(C(=O)C2CCCC2)c1. The minimum atomic E-state index is -0.222. The van der Waals surface area contributed by atoms with E-state index < -0.39 is 0 Å². The minimum Gasteiger partial charge on any atom is -0.460 e. The standard InChI is InChI=1S/C26H34N2O4S/c1-18-8-9-20(23(14-18)26(31)19-6-4-5-7-19)15-22(29)16-24-27-21(17-33-24)10-11-25(30)32-13-12-28(2)3/h8-9,14,17,19H,4-7,10-13,15-16H2,1-3H3/p+1. The van der Waals surface area contributed by atoms with Crippen molar-refractivity contribution < 1.29 is 24.0 Å². The van der Waals surface area contributed by atoms with Crippen molar-refractivity contribution in [3.8, 4) is 0 Å². The second-order valence-electron chi connectivity index (χ2n) is 9.31. The number of hydrogen-bond acceptors (Lipinski definition) is 6. The van der Waals surface area contributed by atoms with Crippen LogP contribution >= 0.6 is 11.3 Å². The van der Waals surface area contributed by atoms with Gasteiger partial charge in [-0.1, -0.05) is 30.5 Å². The molecule has 1 aromatic carbocycles. The molecular formula is C26H35N2O4S+. The lowest BCUT2D eigenvalue weighted by Crippen LogP contribution is -3.06. The van der Waals surface area contributed by atoms with Gasteiger partial charge < -0.3 is 9.64 Å². The number of hydrogen-bond donors (Lipinski definition) is 1. The molecule has 1 aliphatic carbocycles. The number of thiazole rings is 1. The van der Waals surface area contributed by atoms with E-state index in [1.54, 1.807) is 0 Å². The van der Waals surface area contributed by atoms with Gasteiger partial charge in [0.15, 0.2) is 5.78 Å². The van der Waals surface area contributed by atoms with Crippen LogP contribution in [0.5, 0.6) is 0 Å². The number of nitrogens with zero attached hydrogens (tertiary/aromatic N) is 1. The van der Waals surface area contributed by atoms with Gasteiger partial charge in [0.2, 0.25) is 0 Å². The molecule has 0 saturated heterocycles. The van der Waals surface area contributed by atoms with Crippen LogP contribution < -0.4 is 4.90 Å². The lowest BCUT2D eigenvalue weighted by molar-refractivity contribution is -0.858. The first-order valence-corrected chi connectivity index (χ1v) is 12.7. The van der Waals surface area contributed by atoms with Crippen LogP contribution in [0.25, 0.3) is 0 Å². The highest BCUT2D eigenvalue weighted by atomic mass is 32.1. The summed E-state index contributed by atoms with van der Waals surface area (Å²) in [6.45, 7) is 3.18. The van der Waals surface area contributed by atoms with E-state index in [1.807, 2.05) is 44.6 Å². The predicted octanol–water partition coefficient (Wildman–Crippen LogP) is 2.80. The number of aromatic nitrogens is 1. The van der Waals surface area contributed by atoms with Crippen molar-refractivity contribution in [1.82, 2.24) is 4.98 Å². The molecule has 0 unspecified atom stereocenters. The van der Waals surface area contributed by atoms with Gasteiger partial charge >= 0.3 is 5.97 Å². The van der Waals surface area contributed by atoms with Gasteiger partial charge in [-0.15, -0.1) is 11.3 Å². The van der Waals surface area contributed by atoms with Crippen LogP contribution in [0, 0.1) is 12.8 Å². The number of Topliss-reactive ketones (excluding diaryl/α,β-unsaturated/α-hetero) is 2. The highest BCUT2D eigenvalue weighted by molar-refractivity contribution is 7.09. The molecule has 178 valence electrons. The highest BCUT2D eigenvalue weighted by Crippen LogP contribution is 2.29. The molecule has 6 nitrogen and oxygen atoms in total. The number of benzene rings is 1. The van der Waals surface area contributed by atoms with E-state index in [1.165, 1.54) is 16.2 Å². The van der Waals surface area contributed by atoms with Crippen molar-refractivity contribution in [1.29, 1.82) is 0 Å². The number of nitrogens with one attached hydrogen (secondary N) is 1. The molecule has 1 aliphatic rings. The molecule has 1 aromatic heterocycles. The van der Waals surface area contributed by atoms with Gasteiger partial charge in [0.05, 0.1) is 32.6 Å². The van der Waals surface area contributed by atoms with Crippen LogP contribution in [0.4, 0.5) is 0 Å². The second kappa shape index (κ2) is 12.2. The topological polar surface area (TPSA) is 77.8 Å². The molecule has 0 atom stereocenters. The molecule has 33 heavy (non-hydrogen) atoms. The molecule has 1 N–H and O–H groups in total. The molecule has 0 aliphatic heterocycles. The molecule has 0 spiro atoms. The number of likely N-dealkylation sites (N-methyl/N-ethyl adjacent to an activating group) is 1. The summed E-state index contributed by atoms with van der Waals surface area (Å²) in [7, 11) is 4.03. The van der Waals surface area contributed by atoms with Crippen LogP contribution in [0.3, 0.4) is 0 Å². The van der Waals surface area contributed by atoms with E-state index in [9.17, 15) is 14.4 Å². The number of esters is 1. The molecular weight excluding hydrogens is 436 g/mol. The molecule has 1 fully saturated rings. The van der Waals surface area contributed by atoms with Gasteiger partial charge in [0.25, 0.3) is 0 Å². The average Bonchev–Trinajstić information content (AvgIpc) is 3.45. The van der Waals surface area contributed by atoms with Gasteiger partial charge in [-0.2, -0.15) is 0 Å². The Morgan fingerprint density at radius 2 is 1.91 bits per heavy atom.